The minimum Gasteiger partial charge on any atom is -0.378 e. The highest BCUT2D eigenvalue weighted by Crippen LogP contribution is 2.15. The number of benzene rings is 2. The molecule has 142 valence electrons. The molecule has 2 aromatic rings. The first-order valence-electron chi connectivity index (χ1n) is 8.47. The number of hydrazone groups is 1. The van der Waals surface area contributed by atoms with Crippen LogP contribution in [0.3, 0.4) is 0 Å². The molecule has 0 aliphatic carbocycles. The zero-order valence-corrected chi connectivity index (χ0v) is 16.4. The highest BCUT2D eigenvalue weighted by Gasteiger charge is 2.07. The van der Waals surface area contributed by atoms with Crippen LogP contribution in [0.15, 0.2) is 53.6 Å². The molecule has 0 saturated carbocycles. The van der Waals surface area contributed by atoms with E-state index in [1.807, 2.05) is 43.3 Å². The molecule has 2 aromatic carbocycles. The molecule has 0 atom stereocenters. The molecule has 0 unspecified atom stereocenters. The first-order valence-corrected chi connectivity index (χ1v) is 8.85. The molecule has 0 heterocycles. The van der Waals surface area contributed by atoms with Crippen molar-refractivity contribution in [2.45, 2.75) is 19.8 Å². The molecular formula is C20H23ClN4O2. The predicted octanol–water partition coefficient (Wildman–Crippen LogP) is 3.47. The van der Waals surface area contributed by atoms with Gasteiger partial charge in [-0.1, -0.05) is 23.7 Å². The van der Waals surface area contributed by atoms with Crippen molar-refractivity contribution < 1.29 is 9.59 Å². The molecule has 0 aliphatic rings. The highest BCUT2D eigenvalue weighted by molar-refractivity contribution is 6.30. The average Bonchev–Trinajstić information content (AvgIpc) is 2.62. The van der Waals surface area contributed by atoms with E-state index in [9.17, 15) is 9.59 Å². The van der Waals surface area contributed by atoms with Crippen LogP contribution in [0.2, 0.25) is 5.02 Å². The average molecular weight is 387 g/mol. The first kappa shape index (κ1) is 20.5. The summed E-state index contributed by atoms with van der Waals surface area (Å²) in [5.41, 5.74) is 5.58. The molecule has 6 nitrogen and oxygen atoms in total. The van der Waals surface area contributed by atoms with Gasteiger partial charge in [-0.15, -0.1) is 0 Å². The Hall–Kier alpha value is -2.86. The summed E-state index contributed by atoms with van der Waals surface area (Å²) in [4.78, 5) is 26.0. The molecule has 27 heavy (non-hydrogen) atoms. The molecular weight excluding hydrogens is 364 g/mol. The van der Waals surface area contributed by atoms with E-state index < -0.39 is 0 Å². The summed E-state index contributed by atoms with van der Waals surface area (Å²) >= 11 is 5.82. The number of nitrogens with one attached hydrogen (secondary N) is 2. The Morgan fingerprint density at radius 1 is 1.00 bits per heavy atom. The van der Waals surface area contributed by atoms with Crippen molar-refractivity contribution in [2.24, 2.45) is 5.10 Å². The second-order valence-electron chi connectivity index (χ2n) is 6.35. The van der Waals surface area contributed by atoms with Gasteiger partial charge in [0, 0.05) is 36.2 Å². The molecule has 7 heteroatoms. The van der Waals surface area contributed by atoms with Crippen LogP contribution in [-0.4, -0.2) is 31.6 Å². The third kappa shape index (κ3) is 7.11. The molecule has 0 fully saturated rings. The standard InChI is InChI=1S/C20H23ClN4O2/c1-14(23-24-20(27)13-15-4-6-16(21)7-5-15)12-19(26)22-17-8-10-18(11-9-17)25(2)3/h4-11H,12-13H2,1-3H3,(H,22,26)(H,24,27)/b23-14+. The van der Waals surface area contributed by atoms with E-state index in [-0.39, 0.29) is 24.7 Å². The zero-order chi connectivity index (χ0) is 19.8. The fourth-order valence-electron chi connectivity index (χ4n) is 2.30. The molecule has 2 rings (SSSR count). The third-order valence-corrected chi connectivity index (χ3v) is 3.99. The van der Waals surface area contributed by atoms with Crippen LogP contribution < -0.4 is 15.6 Å². The van der Waals surface area contributed by atoms with Gasteiger partial charge in [-0.05, 0) is 48.9 Å². The summed E-state index contributed by atoms with van der Waals surface area (Å²) < 4.78 is 0. The monoisotopic (exact) mass is 386 g/mol. The topological polar surface area (TPSA) is 73.8 Å². The van der Waals surface area contributed by atoms with Gasteiger partial charge < -0.3 is 10.2 Å². The van der Waals surface area contributed by atoms with Crippen LogP contribution in [0, 0.1) is 0 Å². The second kappa shape index (κ2) is 9.73. The van der Waals surface area contributed by atoms with Crippen LogP contribution in [0.1, 0.15) is 18.9 Å². The molecule has 0 saturated heterocycles. The number of carbonyl (C=O) groups excluding carboxylic acids is 2. The predicted molar refractivity (Wildman–Crippen MR) is 110 cm³/mol. The molecule has 2 N–H and O–H groups in total. The van der Waals surface area contributed by atoms with Gasteiger partial charge in [-0.2, -0.15) is 5.10 Å². The van der Waals surface area contributed by atoms with E-state index in [0.717, 1.165) is 11.3 Å². The minimum atomic E-state index is -0.253. The lowest BCUT2D eigenvalue weighted by atomic mass is 10.1. The van der Waals surface area contributed by atoms with E-state index >= 15 is 0 Å². The normalized spacial score (nSPS) is 11.0. The quantitative estimate of drug-likeness (QED) is 0.565. The lowest BCUT2D eigenvalue weighted by Gasteiger charge is -2.13. The number of anilines is 2. The number of rotatable bonds is 7. The van der Waals surface area contributed by atoms with Crippen LogP contribution in [0.4, 0.5) is 11.4 Å². The van der Waals surface area contributed by atoms with E-state index in [4.69, 9.17) is 11.6 Å². The molecule has 0 bridgehead atoms. The Labute approximate surface area is 164 Å². The fourth-order valence-corrected chi connectivity index (χ4v) is 2.43. The maximum Gasteiger partial charge on any atom is 0.244 e. The van der Waals surface area contributed by atoms with Crippen molar-refractivity contribution in [1.29, 1.82) is 0 Å². The molecule has 0 aliphatic heterocycles. The van der Waals surface area contributed by atoms with Crippen molar-refractivity contribution >= 4 is 40.5 Å². The summed E-state index contributed by atoms with van der Waals surface area (Å²) in [6.45, 7) is 1.69. The van der Waals surface area contributed by atoms with E-state index in [1.165, 1.54) is 0 Å². The highest BCUT2D eigenvalue weighted by atomic mass is 35.5. The largest absolute Gasteiger partial charge is 0.378 e. The number of nitrogens with zero attached hydrogens (tertiary/aromatic N) is 2. The van der Waals surface area contributed by atoms with Gasteiger partial charge >= 0.3 is 0 Å². The lowest BCUT2D eigenvalue weighted by molar-refractivity contribution is -0.120. The van der Waals surface area contributed by atoms with Crippen LogP contribution in [-0.2, 0) is 16.0 Å². The SMILES string of the molecule is C/C(CC(=O)Nc1ccc(N(C)C)cc1)=N\NC(=O)Cc1ccc(Cl)cc1. The number of amides is 2. The van der Waals surface area contributed by atoms with Crippen LogP contribution >= 0.6 is 11.6 Å². The second-order valence-corrected chi connectivity index (χ2v) is 6.79. The van der Waals surface area contributed by atoms with Gasteiger partial charge in [0.1, 0.15) is 0 Å². The van der Waals surface area contributed by atoms with Crippen LogP contribution in [0.25, 0.3) is 0 Å². The third-order valence-electron chi connectivity index (χ3n) is 3.73. The molecule has 0 radical (unpaired) electrons. The van der Waals surface area contributed by atoms with Crippen molar-refractivity contribution in [3.63, 3.8) is 0 Å². The number of hydrogen-bond acceptors (Lipinski definition) is 4. The number of hydrogen-bond donors (Lipinski definition) is 2. The van der Waals surface area contributed by atoms with Gasteiger partial charge in [0.25, 0.3) is 0 Å². The Kier molecular flexibility index (Phi) is 7.37. The molecule has 0 aromatic heterocycles. The smallest absolute Gasteiger partial charge is 0.244 e. The molecule has 0 spiro atoms. The maximum absolute atomic E-state index is 12.1. The summed E-state index contributed by atoms with van der Waals surface area (Å²) in [5, 5.41) is 7.41. The van der Waals surface area contributed by atoms with Crippen molar-refractivity contribution in [3.05, 3.63) is 59.1 Å². The van der Waals surface area contributed by atoms with Gasteiger partial charge in [0.15, 0.2) is 0 Å². The maximum atomic E-state index is 12.1. The number of carbonyl (C=O) groups is 2. The Morgan fingerprint density at radius 3 is 2.22 bits per heavy atom. The minimum absolute atomic E-state index is 0.0939. The van der Waals surface area contributed by atoms with E-state index in [1.54, 1.807) is 31.2 Å². The van der Waals surface area contributed by atoms with E-state index in [2.05, 4.69) is 15.8 Å². The Balaban J connectivity index is 1.80. The summed E-state index contributed by atoms with van der Waals surface area (Å²) in [5.74, 6) is -0.447. The molecule has 2 amide bonds. The first-order chi connectivity index (χ1) is 12.8. The zero-order valence-electron chi connectivity index (χ0n) is 15.6. The van der Waals surface area contributed by atoms with Gasteiger partial charge in [0.05, 0.1) is 12.8 Å². The number of halogens is 1. The summed E-state index contributed by atoms with van der Waals surface area (Å²) in [7, 11) is 3.91. The Morgan fingerprint density at radius 2 is 1.63 bits per heavy atom. The lowest BCUT2D eigenvalue weighted by Crippen LogP contribution is -2.22. The van der Waals surface area contributed by atoms with Crippen molar-refractivity contribution in [3.8, 4) is 0 Å². The van der Waals surface area contributed by atoms with E-state index in [0.29, 0.717) is 16.4 Å². The Bertz CT molecular complexity index is 815. The van der Waals surface area contributed by atoms with Crippen LogP contribution in [0.5, 0.6) is 0 Å². The van der Waals surface area contributed by atoms with Gasteiger partial charge in [0.2, 0.25) is 11.8 Å². The van der Waals surface area contributed by atoms with Gasteiger partial charge in [-0.3, -0.25) is 9.59 Å². The fraction of sp³-hybridized carbons (Fsp3) is 0.250. The summed E-state index contributed by atoms with van der Waals surface area (Å²) in [6, 6.07) is 14.6. The summed E-state index contributed by atoms with van der Waals surface area (Å²) in [6.07, 6.45) is 0.287. The van der Waals surface area contributed by atoms with Gasteiger partial charge in [-0.25, -0.2) is 5.43 Å². The van der Waals surface area contributed by atoms with Crippen molar-refractivity contribution in [1.82, 2.24) is 5.43 Å². The van der Waals surface area contributed by atoms with Crippen molar-refractivity contribution in [2.75, 3.05) is 24.3 Å².